The predicted octanol–water partition coefficient (Wildman–Crippen LogP) is 25.9. The number of fused-ring (bicyclic) bond motifs is 6. The maximum absolute atomic E-state index is 13.1. The van der Waals surface area contributed by atoms with Gasteiger partial charge < -0.3 is 59.1 Å². The summed E-state index contributed by atoms with van der Waals surface area (Å²) >= 11 is 12.4. The van der Waals surface area contributed by atoms with E-state index in [9.17, 15) is 88.2 Å². The predicted molar refractivity (Wildman–Crippen MR) is 581 cm³/mol. The molecule has 6 N–H and O–H groups in total. The smallest absolute Gasteiger partial charge is 0.342 e. The van der Waals surface area contributed by atoms with Crippen molar-refractivity contribution >= 4 is 93.7 Å². The number of ketones is 6. The summed E-state index contributed by atoms with van der Waals surface area (Å²) in [6.45, 7) is 15.8. The molecule has 0 fully saturated rings. The first kappa shape index (κ1) is 118. The van der Waals surface area contributed by atoms with Gasteiger partial charge in [-0.25, -0.2) is 28.8 Å². The van der Waals surface area contributed by atoms with Crippen molar-refractivity contribution < 1.29 is 117 Å². The van der Waals surface area contributed by atoms with Crippen LogP contribution < -0.4 is 0 Å². The Morgan fingerprint density at radius 3 is 1.02 bits per heavy atom. The van der Waals surface area contributed by atoms with Crippen LogP contribution in [0.4, 0.5) is 0 Å². The highest BCUT2D eigenvalue weighted by Crippen LogP contribution is 2.40. The second-order valence-electron chi connectivity index (χ2n) is 37.0. The molecule has 6 aliphatic rings. The summed E-state index contributed by atoms with van der Waals surface area (Å²) in [6.07, 6.45) is 58.2. The number of aryl methyl sites for hydroxylation is 6. The number of benzene rings is 8. The van der Waals surface area contributed by atoms with E-state index in [0.717, 1.165) is 164 Å². The number of ether oxygens (including phenoxy) is 6. The van der Waals surface area contributed by atoms with Crippen molar-refractivity contribution in [3.63, 3.8) is 0 Å². The number of halogens is 2. The Morgan fingerprint density at radius 1 is 0.287 bits per heavy atom. The maximum Gasteiger partial charge on any atom is 0.342 e. The number of phenolic OH excluding ortho intramolecular Hbond substituents is 6. The summed E-state index contributed by atoms with van der Waals surface area (Å²) in [5.41, 5.74) is 11.0. The second-order valence-corrected chi connectivity index (χ2v) is 37.7. The zero-order valence-electron chi connectivity index (χ0n) is 86.3. The third kappa shape index (κ3) is 38.8. The molecule has 0 unspecified atom stereocenters. The largest absolute Gasteiger partial charge is 0.508 e. The molecule has 24 nitrogen and oxygen atoms in total. The van der Waals surface area contributed by atoms with E-state index in [-0.39, 0.29) is 172 Å². The molecule has 788 valence electrons. The van der Waals surface area contributed by atoms with Gasteiger partial charge in [-0.05, 0) is 255 Å². The Morgan fingerprint density at radius 2 is 0.607 bits per heavy atom. The fraction of sp³-hybridized carbons (Fsp3) is 0.323. The second kappa shape index (κ2) is 62.2. The summed E-state index contributed by atoms with van der Waals surface area (Å²) in [7, 11) is 0. The van der Waals surface area contributed by atoms with E-state index in [0.29, 0.717) is 65.8 Å². The van der Waals surface area contributed by atoms with Gasteiger partial charge in [0.05, 0.1) is 34.9 Å². The summed E-state index contributed by atoms with van der Waals surface area (Å²) in [5, 5.41) is 59.5. The van der Waals surface area contributed by atoms with Crippen LogP contribution in [0.5, 0.6) is 34.5 Å². The standard InChI is InChI=1S/C25H26O3.C23H22O5.C22H28O3.C20H23ClO3.C17H17ClO5.C17H18O5/c1-18-15-19(2)24-21(16-18)17-22(26)13-9-4-3-5-10-14-23(28-25(24)27)20-11-7-6-8-12-20;24-18-11-7-2-1-3-8-12-21(16-9-5-4-6-10-16)28-23(27)22-17(13-18)14-19(25)15-20(22)26;1-4-10-20-12-9-7-5-6-8-11-19(23)15-18-14-16(2)13-17(3)21(18)22(24)25-20;1-13-11-14(2)19(21)17-12-16(22)10-8-6-4-5-7-9-15(3)24-20(23)18(13)17;18-16-12-9-11(19)7-5-3-1-2-4-6-8-23-17(22)15(12)13(20)10-14(16)21;18-13-7-5-3-1-2-4-6-8-22-17(21)16-12(9-13)10-14(19)11-15(16)20/h5-13,15-16,23H,3-4,14,17H2,1-2H3;3-11,14-15,21,25-26H,1-2,12-13H2;7-9,11,13-14,20H,4-6,10,12,15H2,1-3H3;5,7-8,10-11,15H,4,6,9,12H2,1-3H3;2,4-5,7,10,20-21H,1,3,6,8-9H2;2,4-5,7,10-11,19-20H,1,3,6,8-9H2/b10-5+,13-9+;8-3+,11-7+;9-7+,11-8+;7-5+,10-8+;2*4-2+,7-5+/t23-;21-;20-;15-;;/m1011../s1. The number of aromatic hydroxyl groups is 6. The van der Waals surface area contributed by atoms with Crippen LogP contribution in [0.15, 0.2) is 267 Å². The van der Waals surface area contributed by atoms with Crippen LogP contribution in [-0.2, 0) is 95.7 Å². The van der Waals surface area contributed by atoms with Crippen LogP contribution in [-0.4, -0.2) is 127 Å². The highest BCUT2D eigenvalue weighted by atomic mass is 35.5. The molecule has 0 bridgehead atoms. The number of esters is 6. The van der Waals surface area contributed by atoms with E-state index >= 15 is 0 Å². The van der Waals surface area contributed by atoms with Crippen molar-refractivity contribution in [2.24, 2.45) is 0 Å². The average molecular weight is 2080 g/mol. The molecule has 0 radical (unpaired) electrons. The fourth-order valence-electron chi connectivity index (χ4n) is 17.3. The minimum atomic E-state index is -0.776. The van der Waals surface area contributed by atoms with Crippen LogP contribution in [0.3, 0.4) is 0 Å². The Bertz CT molecular complexity index is 6360. The fourth-order valence-corrected chi connectivity index (χ4v) is 17.7. The van der Waals surface area contributed by atoms with E-state index in [2.05, 4.69) is 31.2 Å². The average Bonchev–Trinajstić information content (AvgIpc) is 0.802. The van der Waals surface area contributed by atoms with Crippen LogP contribution >= 0.6 is 23.2 Å². The number of phenols is 6. The molecule has 8 aromatic carbocycles. The number of cyclic esters (lactones) is 6. The molecule has 0 amide bonds. The number of rotatable bonds is 4. The van der Waals surface area contributed by atoms with Gasteiger partial charge in [-0.15, -0.1) is 0 Å². The highest BCUT2D eigenvalue weighted by molar-refractivity contribution is 6.34. The molecule has 0 aliphatic carbocycles. The minimum absolute atomic E-state index is 0.000279. The van der Waals surface area contributed by atoms with Gasteiger partial charge in [-0.1, -0.05) is 248 Å². The molecule has 4 atom stereocenters. The van der Waals surface area contributed by atoms with Crippen LogP contribution in [0.1, 0.15) is 295 Å². The van der Waals surface area contributed by atoms with Gasteiger partial charge in [0.2, 0.25) is 0 Å². The number of hydrogen-bond acceptors (Lipinski definition) is 24. The van der Waals surface area contributed by atoms with Crippen LogP contribution in [0, 0.1) is 41.5 Å². The van der Waals surface area contributed by atoms with Gasteiger partial charge in [-0.2, -0.15) is 0 Å². The number of carbonyl (C=O) groups is 12. The lowest BCUT2D eigenvalue weighted by atomic mass is 9.95. The maximum atomic E-state index is 13.1. The topological polar surface area (TPSA) is 382 Å². The molecule has 0 saturated carbocycles. The zero-order valence-corrected chi connectivity index (χ0v) is 87.8. The summed E-state index contributed by atoms with van der Waals surface area (Å²) < 4.78 is 33.2. The number of hydrogen-bond donors (Lipinski definition) is 6. The van der Waals surface area contributed by atoms with Gasteiger partial charge in [-0.3, -0.25) is 28.8 Å². The monoisotopic (exact) mass is 2080 g/mol. The Hall–Kier alpha value is -15.1. The normalized spacial score (nSPS) is 20.7. The van der Waals surface area contributed by atoms with Crippen molar-refractivity contribution in [2.75, 3.05) is 13.2 Å². The third-order valence-corrected chi connectivity index (χ3v) is 25.3. The molecule has 6 heterocycles. The van der Waals surface area contributed by atoms with Crippen LogP contribution in [0.25, 0.3) is 0 Å². The van der Waals surface area contributed by atoms with Crippen molar-refractivity contribution in [3.05, 3.63) is 388 Å². The third-order valence-electron chi connectivity index (χ3n) is 24.4. The Balaban J connectivity index is 0.000000200. The van der Waals surface area contributed by atoms with E-state index in [1.54, 1.807) is 36.5 Å². The Labute approximate surface area is 887 Å². The minimum Gasteiger partial charge on any atom is -0.508 e. The molecule has 14 rings (SSSR count). The lowest BCUT2D eigenvalue weighted by Gasteiger charge is -2.20. The van der Waals surface area contributed by atoms with Gasteiger partial charge >= 0.3 is 35.8 Å². The van der Waals surface area contributed by atoms with Crippen molar-refractivity contribution in [2.45, 2.75) is 247 Å². The SMILES string of the molecule is CCC[C@@H]1C/C=C/CC/C=C/C(=O)Cc2cc(C)cc(C)c2C(=O)O1.Cc1cc(C)c2c(c1)CC(=O)/C=C/CC/C=C/C[C@H](c1ccccc1)OC2=O.Cc1cc(C)c2c(c1Cl)CC(=O)/C=C/CC/C=C/C[C@@H](C)OC2=O.O=C1/C=C/CC/C=C/CCOC(=O)c2c(O)cc(O)c(Cl)c2C1.O=C1/C=C/CC/C=C/CCOC(=O)c2c(O)cc(O)cc2C1.O=C1/C=C/CC/C=C/C[C@@H](c2ccccc2)OC(=O)c2c(O)cc(O)cc2C1. The van der Waals surface area contributed by atoms with Crippen molar-refractivity contribution in [3.8, 4) is 34.5 Å². The first-order chi connectivity index (χ1) is 72.1. The summed E-state index contributed by atoms with van der Waals surface area (Å²) in [5.74, 6) is -6.15. The quantitative estimate of drug-likeness (QED) is 0.0541. The zero-order chi connectivity index (χ0) is 109. The molecule has 8 aromatic rings. The van der Waals surface area contributed by atoms with E-state index in [4.69, 9.17) is 51.6 Å². The first-order valence-corrected chi connectivity index (χ1v) is 51.5. The first-order valence-electron chi connectivity index (χ1n) is 50.7. The van der Waals surface area contributed by atoms with Gasteiger partial charge in [0, 0.05) is 93.0 Å². The van der Waals surface area contributed by atoms with Crippen molar-refractivity contribution in [1.82, 2.24) is 0 Å². The summed E-state index contributed by atoms with van der Waals surface area (Å²) in [4.78, 5) is 149. The molecule has 0 saturated heterocycles. The van der Waals surface area contributed by atoms with Gasteiger partial charge in [0.25, 0.3) is 0 Å². The lowest BCUT2D eigenvalue weighted by Crippen LogP contribution is -2.20. The molecule has 6 aliphatic heterocycles. The van der Waals surface area contributed by atoms with E-state index in [1.807, 2.05) is 206 Å². The number of allylic oxidation sites excluding steroid dienone is 18. The molecule has 26 heteroatoms. The Kier molecular flexibility index (Phi) is 49.1. The summed E-state index contributed by atoms with van der Waals surface area (Å²) in [6, 6.07) is 34.5. The van der Waals surface area contributed by atoms with Crippen LogP contribution in [0.2, 0.25) is 10.0 Å². The van der Waals surface area contributed by atoms with Gasteiger partial charge in [0.15, 0.2) is 34.7 Å². The molecular weight excluding hydrogens is 1940 g/mol. The number of carbonyl (C=O) groups excluding carboxylic acids is 12. The molecule has 0 aromatic heterocycles. The van der Waals surface area contributed by atoms with Crippen molar-refractivity contribution in [1.29, 1.82) is 0 Å². The molecule has 150 heavy (non-hydrogen) atoms. The highest BCUT2D eigenvalue weighted by Gasteiger charge is 2.31. The molecular formula is C124H134Cl2O24. The lowest BCUT2D eigenvalue weighted by molar-refractivity contribution is -0.114. The van der Waals surface area contributed by atoms with Gasteiger partial charge in [0.1, 0.15) is 75.6 Å². The molecule has 0 spiro atoms. The van der Waals surface area contributed by atoms with E-state index < -0.39 is 47.2 Å². The van der Waals surface area contributed by atoms with E-state index in [1.165, 1.54) is 30.4 Å².